The summed E-state index contributed by atoms with van der Waals surface area (Å²) in [4.78, 5) is 12.1. The van der Waals surface area contributed by atoms with Gasteiger partial charge in [0.15, 0.2) is 0 Å². The molecule has 0 aliphatic carbocycles. The van der Waals surface area contributed by atoms with Gasteiger partial charge in [-0.1, -0.05) is 12.1 Å². The van der Waals surface area contributed by atoms with Crippen LogP contribution in [0.5, 0.6) is 0 Å². The number of β-amino-alcohol motifs (C(OH)–C–C–N with tert-alkyl or cyclic N) is 1. The molecule has 0 bridgehead atoms. The molecule has 0 atom stereocenters. The molecule has 0 radical (unpaired) electrons. The van der Waals surface area contributed by atoms with Crippen molar-refractivity contribution in [1.82, 2.24) is 4.31 Å². The molecule has 8 nitrogen and oxygen atoms in total. The van der Waals surface area contributed by atoms with E-state index in [0.717, 1.165) is 18.9 Å². The van der Waals surface area contributed by atoms with Crippen molar-refractivity contribution in [2.24, 2.45) is 0 Å². The molecule has 2 aliphatic rings. The Morgan fingerprint density at radius 1 is 1.07 bits per heavy atom. The summed E-state index contributed by atoms with van der Waals surface area (Å²) in [5, 5.41) is 22.0. The lowest BCUT2D eigenvalue weighted by Gasteiger charge is -2.48. The maximum absolute atomic E-state index is 13.2. The van der Waals surface area contributed by atoms with E-state index in [1.165, 1.54) is 40.7 Å². The van der Waals surface area contributed by atoms with Gasteiger partial charge in [-0.05, 0) is 36.6 Å². The molecular formula is C19H20FN3O5S. The van der Waals surface area contributed by atoms with E-state index in [2.05, 4.69) is 0 Å². The molecule has 0 spiro atoms. The van der Waals surface area contributed by atoms with Crippen molar-refractivity contribution in [3.05, 3.63) is 64.0 Å². The van der Waals surface area contributed by atoms with Gasteiger partial charge in [-0.15, -0.1) is 0 Å². The highest BCUT2D eigenvalue weighted by Crippen LogP contribution is 2.40. The molecule has 0 amide bonds. The summed E-state index contributed by atoms with van der Waals surface area (Å²) in [5.41, 5.74) is -0.708. The molecule has 2 aromatic rings. The minimum absolute atomic E-state index is 0.0962. The van der Waals surface area contributed by atoms with Crippen molar-refractivity contribution in [3.8, 4) is 0 Å². The highest BCUT2D eigenvalue weighted by molar-refractivity contribution is 7.89. The van der Waals surface area contributed by atoms with Crippen LogP contribution < -0.4 is 4.90 Å². The maximum atomic E-state index is 13.2. The van der Waals surface area contributed by atoms with Gasteiger partial charge in [-0.2, -0.15) is 4.31 Å². The lowest BCUT2D eigenvalue weighted by atomic mass is 9.85. The fourth-order valence-corrected chi connectivity index (χ4v) is 5.60. The highest BCUT2D eigenvalue weighted by Gasteiger charge is 2.45. The summed E-state index contributed by atoms with van der Waals surface area (Å²) in [6.07, 6.45) is 1.50. The number of non-ortho nitro benzene ring substituents is 1. The molecule has 2 heterocycles. The fraction of sp³-hybridized carbons (Fsp3) is 0.368. The van der Waals surface area contributed by atoms with Crippen molar-refractivity contribution in [3.63, 3.8) is 0 Å². The Bertz CT molecular complexity index is 1050. The minimum atomic E-state index is -3.90. The molecule has 154 valence electrons. The molecular weight excluding hydrogens is 401 g/mol. The van der Waals surface area contributed by atoms with Gasteiger partial charge in [-0.3, -0.25) is 10.1 Å². The van der Waals surface area contributed by atoms with Crippen LogP contribution in [0.15, 0.2) is 47.4 Å². The first-order valence-electron chi connectivity index (χ1n) is 9.23. The Kier molecular flexibility index (Phi) is 4.80. The van der Waals surface area contributed by atoms with Gasteiger partial charge in [0, 0.05) is 25.2 Å². The molecule has 0 unspecified atom stereocenters. The standard InChI is InChI=1S/C19H20FN3O5S/c20-15-5-3-14(4-6-15)19(24)12-21(13-19)17-8-7-16(23(25)26)11-18(17)29(27,28)22-9-1-2-10-22/h3-8,11,24H,1-2,9-10,12-13H2. The topological polar surface area (TPSA) is 104 Å². The van der Waals surface area contributed by atoms with Crippen LogP contribution in [0, 0.1) is 15.9 Å². The molecule has 0 saturated carbocycles. The maximum Gasteiger partial charge on any atom is 0.270 e. The van der Waals surface area contributed by atoms with Crippen LogP contribution in [0.1, 0.15) is 18.4 Å². The fourth-order valence-electron chi connectivity index (χ4n) is 3.85. The zero-order valence-electron chi connectivity index (χ0n) is 15.5. The molecule has 2 saturated heterocycles. The average molecular weight is 421 g/mol. The van der Waals surface area contributed by atoms with Gasteiger partial charge in [-0.25, -0.2) is 12.8 Å². The molecule has 2 aromatic carbocycles. The van der Waals surface area contributed by atoms with Crippen LogP contribution in [-0.2, 0) is 15.6 Å². The van der Waals surface area contributed by atoms with E-state index in [0.29, 0.717) is 24.3 Å². The Balaban J connectivity index is 1.68. The third kappa shape index (κ3) is 3.47. The molecule has 4 rings (SSSR count). The summed E-state index contributed by atoms with van der Waals surface area (Å²) in [7, 11) is -3.90. The van der Waals surface area contributed by atoms with E-state index < -0.39 is 26.4 Å². The number of rotatable bonds is 5. The molecule has 10 heteroatoms. The number of hydrogen-bond acceptors (Lipinski definition) is 6. The number of sulfonamides is 1. The predicted octanol–water partition coefficient (Wildman–Crippen LogP) is 2.23. The number of benzene rings is 2. The van der Waals surface area contributed by atoms with E-state index >= 15 is 0 Å². The first-order valence-corrected chi connectivity index (χ1v) is 10.7. The van der Waals surface area contributed by atoms with Crippen LogP contribution in [-0.4, -0.2) is 48.9 Å². The van der Waals surface area contributed by atoms with Gasteiger partial charge in [0.05, 0.1) is 23.7 Å². The second-order valence-corrected chi connectivity index (χ2v) is 9.32. The van der Waals surface area contributed by atoms with Gasteiger partial charge in [0.25, 0.3) is 5.69 Å². The molecule has 1 N–H and O–H groups in total. The Morgan fingerprint density at radius 3 is 2.28 bits per heavy atom. The second-order valence-electron chi connectivity index (χ2n) is 7.41. The smallest absolute Gasteiger partial charge is 0.270 e. The quantitative estimate of drug-likeness (QED) is 0.587. The average Bonchev–Trinajstić information content (AvgIpc) is 3.21. The van der Waals surface area contributed by atoms with E-state index in [9.17, 15) is 28.0 Å². The third-order valence-corrected chi connectivity index (χ3v) is 7.39. The summed E-state index contributed by atoms with van der Waals surface area (Å²) in [6.45, 7) is 0.950. The number of anilines is 1. The molecule has 29 heavy (non-hydrogen) atoms. The largest absolute Gasteiger partial charge is 0.381 e. The lowest BCUT2D eigenvalue weighted by molar-refractivity contribution is -0.385. The molecule has 2 aliphatic heterocycles. The normalized spacial score (nSPS) is 19.2. The number of halogens is 1. The summed E-state index contributed by atoms with van der Waals surface area (Å²) < 4.78 is 40.7. The van der Waals surface area contributed by atoms with Gasteiger partial charge in [0.1, 0.15) is 16.3 Å². The van der Waals surface area contributed by atoms with E-state index in [4.69, 9.17) is 0 Å². The Hall–Kier alpha value is -2.56. The van der Waals surface area contributed by atoms with Crippen molar-refractivity contribution in [2.45, 2.75) is 23.3 Å². The second kappa shape index (κ2) is 7.05. The predicted molar refractivity (Wildman–Crippen MR) is 104 cm³/mol. The van der Waals surface area contributed by atoms with Gasteiger partial charge in [0.2, 0.25) is 10.0 Å². The highest BCUT2D eigenvalue weighted by atomic mass is 32.2. The van der Waals surface area contributed by atoms with Crippen molar-refractivity contribution >= 4 is 21.4 Å². The monoisotopic (exact) mass is 421 g/mol. The van der Waals surface area contributed by atoms with E-state index in [1.54, 1.807) is 4.90 Å². The van der Waals surface area contributed by atoms with Crippen LogP contribution in [0.2, 0.25) is 0 Å². The summed E-state index contributed by atoms with van der Waals surface area (Å²) in [6, 6.07) is 9.24. The SMILES string of the molecule is O=[N+]([O-])c1ccc(N2CC(O)(c3ccc(F)cc3)C2)c(S(=O)(=O)N2CCCC2)c1. The molecule has 2 fully saturated rings. The minimum Gasteiger partial charge on any atom is -0.381 e. The number of nitrogens with zero attached hydrogens (tertiary/aromatic N) is 3. The van der Waals surface area contributed by atoms with Crippen LogP contribution in [0.4, 0.5) is 15.8 Å². The number of nitro benzene ring substituents is 1. The number of nitro groups is 1. The van der Waals surface area contributed by atoms with Crippen LogP contribution in [0.25, 0.3) is 0 Å². The van der Waals surface area contributed by atoms with Crippen molar-refractivity contribution < 1.29 is 22.8 Å². The molecule has 0 aromatic heterocycles. The van der Waals surface area contributed by atoms with Crippen molar-refractivity contribution in [2.75, 3.05) is 31.1 Å². The zero-order chi connectivity index (χ0) is 20.8. The lowest BCUT2D eigenvalue weighted by Crippen LogP contribution is -2.60. The van der Waals surface area contributed by atoms with Gasteiger partial charge < -0.3 is 10.0 Å². The van der Waals surface area contributed by atoms with Crippen LogP contribution >= 0.6 is 0 Å². The third-order valence-electron chi connectivity index (χ3n) is 5.46. The first kappa shape index (κ1) is 19.7. The van der Waals surface area contributed by atoms with Crippen LogP contribution in [0.3, 0.4) is 0 Å². The Morgan fingerprint density at radius 2 is 1.69 bits per heavy atom. The van der Waals surface area contributed by atoms with E-state index in [1.807, 2.05) is 0 Å². The Labute approximate surface area is 167 Å². The van der Waals surface area contributed by atoms with E-state index in [-0.39, 0.29) is 23.7 Å². The summed E-state index contributed by atoms with van der Waals surface area (Å²) >= 11 is 0. The number of hydrogen-bond donors (Lipinski definition) is 1. The zero-order valence-corrected chi connectivity index (χ0v) is 16.3. The first-order chi connectivity index (χ1) is 13.7. The van der Waals surface area contributed by atoms with Gasteiger partial charge >= 0.3 is 0 Å². The number of aliphatic hydroxyl groups is 1. The summed E-state index contributed by atoms with van der Waals surface area (Å²) in [5.74, 6) is -0.414. The van der Waals surface area contributed by atoms with Crippen molar-refractivity contribution in [1.29, 1.82) is 0 Å².